The molecule has 0 N–H and O–H groups in total. The quantitative estimate of drug-likeness (QED) is 0.673. The van der Waals surface area contributed by atoms with E-state index in [-0.39, 0.29) is 0 Å². The van der Waals surface area contributed by atoms with Gasteiger partial charge in [0.25, 0.3) is 0 Å². The molecule has 2 aromatic rings. The Morgan fingerprint density at radius 3 is 3.00 bits per heavy atom. The smallest absolute Gasteiger partial charge is 0.0686 e. The molecule has 0 saturated carbocycles. The fourth-order valence-electron chi connectivity index (χ4n) is 1.05. The Labute approximate surface area is 82.7 Å². The van der Waals surface area contributed by atoms with Crippen molar-refractivity contribution in [3.05, 3.63) is 27.5 Å². The number of halogens is 1. The first-order valence-corrected chi connectivity index (χ1v) is 5.15. The molecule has 0 saturated heterocycles. The number of hydrogen-bond acceptors (Lipinski definition) is 2. The van der Waals surface area contributed by atoms with Crippen LogP contribution in [0.3, 0.4) is 0 Å². The summed E-state index contributed by atoms with van der Waals surface area (Å²) in [5.41, 5.74) is 1.14. The van der Waals surface area contributed by atoms with Crippen LogP contribution in [0.2, 0.25) is 0 Å². The molecule has 1 nitrogen and oxygen atoms in total. The van der Waals surface area contributed by atoms with E-state index in [1.54, 1.807) is 11.5 Å². The number of aromatic nitrogens is 1. The van der Waals surface area contributed by atoms with Gasteiger partial charge < -0.3 is 0 Å². The average molecular weight is 275 g/mol. The summed E-state index contributed by atoms with van der Waals surface area (Å²) >= 11 is 3.92. The van der Waals surface area contributed by atoms with E-state index >= 15 is 0 Å². The minimum absolute atomic E-state index is 1.14. The normalized spacial score (nSPS) is 10.7. The van der Waals surface area contributed by atoms with Crippen LogP contribution in [0.25, 0.3) is 10.1 Å². The highest BCUT2D eigenvalue weighted by Gasteiger charge is 2.02. The summed E-state index contributed by atoms with van der Waals surface area (Å²) in [4.78, 5) is 0. The number of benzene rings is 1. The zero-order chi connectivity index (χ0) is 7.84. The van der Waals surface area contributed by atoms with Crippen molar-refractivity contribution >= 4 is 44.2 Å². The molecule has 2 rings (SSSR count). The Morgan fingerprint density at radius 2 is 2.27 bits per heavy atom. The summed E-state index contributed by atoms with van der Waals surface area (Å²) in [6.45, 7) is 2.05. The molecule has 0 aliphatic heterocycles. The third-order valence-corrected chi connectivity index (χ3v) is 3.88. The van der Waals surface area contributed by atoms with Gasteiger partial charge in [-0.2, -0.15) is 4.37 Å². The monoisotopic (exact) mass is 275 g/mol. The van der Waals surface area contributed by atoms with Gasteiger partial charge in [0.2, 0.25) is 0 Å². The van der Waals surface area contributed by atoms with Crippen LogP contribution in [-0.2, 0) is 0 Å². The zero-order valence-corrected chi connectivity index (χ0v) is 8.94. The summed E-state index contributed by atoms with van der Waals surface area (Å²) in [6, 6.07) is 6.31. The molecule has 1 aromatic heterocycles. The van der Waals surface area contributed by atoms with Gasteiger partial charge in [0, 0.05) is 8.96 Å². The van der Waals surface area contributed by atoms with Crippen LogP contribution in [0.4, 0.5) is 0 Å². The van der Waals surface area contributed by atoms with Gasteiger partial charge in [0.05, 0.1) is 10.4 Å². The first kappa shape index (κ1) is 7.49. The van der Waals surface area contributed by atoms with Gasteiger partial charge in [-0.3, -0.25) is 0 Å². The predicted molar refractivity (Wildman–Crippen MR) is 57.1 cm³/mol. The van der Waals surface area contributed by atoms with E-state index in [1.807, 2.05) is 0 Å². The summed E-state index contributed by atoms with van der Waals surface area (Å²) in [6.07, 6.45) is 0. The molecule has 0 atom stereocenters. The van der Waals surface area contributed by atoms with Gasteiger partial charge in [0.15, 0.2) is 0 Å². The lowest BCUT2D eigenvalue weighted by Gasteiger charge is -1.90. The molecule has 0 fully saturated rings. The van der Waals surface area contributed by atoms with Crippen LogP contribution >= 0.6 is 34.1 Å². The molecule has 0 unspecified atom stereocenters. The number of rotatable bonds is 0. The van der Waals surface area contributed by atoms with Crippen LogP contribution in [0, 0.1) is 10.5 Å². The number of nitrogens with zero attached hydrogens (tertiary/aromatic N) is 1. The van der Waals surface area contributed by atoms with Crippen molar-refractivity contribution in [2.75, 3.05) is 0 Å². The predicted octanol–water partition coefficient (Wildman–Crippen LogP) is 3.21. The molecule has 56 valence electrons. The van der Waals surface area contributed by atoms with E-state index in [4.69, 9.17) is 0 Å². The van der Waals surface area contributed by atoms with Crippen LogP contribution in [0.1, 0.15) is 5.69 Å². The first-order chi connectivity index (χ1) is 5.29. The second-order valence-electron chi connectivity index (χ2n) is 2.38. The highest BCUT2D eigenvalue weighted by atomic mass is 127. The minimum Gasteiger partial charge on any atom is -0.197 e. The van der Waals surface area contributed by atoms with Gasteiger partial charge >= 0.3 is 0 Å². The molecule has 0 aliphatic carbocycles. The molecular formula is C8H6INS. The maximum absolute atomic E-state index is 4.29. The molecule has 1 heterocycles. The van der Waals surface area contributed by atoms with Gasteiger partial charge in [-0.25, -0.2) is 0 Å². The van der Waals surface area contributed by atoms with Crippen molar-refractivity contribution in [3.8, 4) is 0 Å². The van der Waals surface area contributed by atoms with E-state index in [1.165, 1.54) is 13.7 Å². The third-order valence-electron chi connectivity index (χ3n) is 1.63. The van der Waals surface area contributed by atoms with E-state index in [0.717, 1.165) is 5.69 Å². The topological polar surface area (TPSA) is 12.9 Å². The van der Waals surface area contributed by atoms with Crippen molar-refractivity contribution in [3.63, 3.8) is 0 Å². The van der Waals surface area contributed by atoms with Gasteiger partial charge in [0.1, 0.15) is 0 Å². The lowest BCUT2D eigenvalue weighted by Crippen LogP contribution is -1.71. The van der Waals surface area contributed by atoms with Gasteiger partial charge in [-0.05, 0) is 47.1 Å². The maximum Gasteiger partial charge on any atom is 0.0686 e. The molecule has 1 aromatic carbocycles. The Kier molecular flexibility index (Phi) is 1.85. The van der Waals surface area contributed by atoms with E-state index in [9.17, 15) is 0 Å². The largest absolute Gasteiger partial charge is 0.197 e. The number of aryl methyl sites for hydroxylation is 1. The molecule has 0 spiro atoms. The molecule has 0 amide bonds. The molecule has 0 aliphatic rings. The average Bonchev–Trinajstić information content (AvgIpc) is 2.35. The lowest BCUT2D eigenvalue weighted by molar-refractivity contribution is 1.37. The van der Waals surface area contributed by atoms with Crippen molar-refractivity contribution in [2.45, 2.75) is 6.92 Å². The van der Waals surface area contributed by atoms with E-state index in [0.29, 0.717) is 0 Å². The maximum atomic E-state index is 4.29. The minimum atomic E-state index is 1.14. The van der Waals surface area contributed by atoms with Crippen LogP contribution < -0.4 is 0 Å². The Morgan fingerprint density at radius 1 is 1.45 bits per heavy atom. The SMILES string of the molecule is Cc1nsc2c(I)cccc12. The number of hydrogen-bond donors (Lipinski definition) is 0. The molecular weight excluding hydrogens is 269 g/mol. The van der Waals surface area contributed by atoms with Crippen molar-refractivity contribution < 1.29 is 0 Å². The highest BCUT2D eigenvalue weighted by molar-refractivity contribution is 14.1. The van der Waals surface area contributed by atoms with Gasteiger partial charge in [-0.1, -0.05) is 12.1 Å². The van der Waals surface area contributed by atoms with Crippen molar-refractivity contribution in [1.29, 1.82) is 0 Å². The zero-order valence-electron chi connectivity index (χ0n) is 5.97. The number of fused-ring (bicyclic) bond motifs is 1. The van der Waals surface area contributed by atoms with E-state index < -0.39 is 0 Å². The summed E-state index contributed by atoms with van der Waals surface area (Å²) in [5.74, 6) is 0. The lowest BCUT2D eigenvalue weighted by atomic mass is 10.2. The molecule has 0 bridgehead atoms. The highest BCUT2D eigenvalue weighted by Crippen LogP contribution is 2.26. The van der Waals surface area contributed by atoms with E-state index in [2.05, 4.69) is 52.1 Å². The fourth-order valence-corrected chi connectivity index (χ4v) is 2.64. The molecule has 0 radical (unpaired) electrons. The Hall–Kier alpha value is -0.160. The first-order valence-electron chi connectivity index (χ1n) is 3.29. The summed E-state index contributed by atoms with van der Waals surface area (Å²) in [7, 11) is 0. The Balaban J connectivity index is 2.94. The summed E-state index contributed by atoms with van der Waals surface area (Å²) < 4.78 is 6.90. The van der Waals surface area contributed by atoms with Crippen LogP contribution in [-0.4, -0.2) is 4.37 Å². The van der Waals surface area contributed by atoms with Crippen LogP contribution in [0.15, 0.2) is 18.2 Å². The second kappa shape index (κ2) is 2.71. The third kappa shape index (κ3) is 1.16. The Bertz CT molecular complexity index is 394. The summed E-state index contributed by atoms with van der Waals surface area (Å²) in [5, 5.41) is 1.29. The second-order valence-corrected chi connectivity index (χ2v) is 4.32. The van der Waals surface area contributed by atoms with Crippen molar-refractivity contribution in [2.24, 2.45) is 0 Å². The molecule has 11 heavy (non-hydrogen) atoms. The fraction of sp³-hybridized carbons (Fsp3) is 0.125. The standard InChI is InChI=1S/C8H6INS/c1-5-6-3-2-4-7(9)8(6)11-10-5/h2-4H,1H3. The van der Waals surface area contributed by atoms with Gasteiger partial charge in [-0.15, -0.1) is 0 Å². The molecule has 3 heteroatoms. The van der Waals surface area contributed by atoms with Crippen molar-refractivity contribution in [1.82, 2.24) is 4.37 Å². The van der Waals surface area contributed by atoms with Crippen LogP contribution in [0.5, 0.6) is 0 Å².